The van der Waals surface area contributed by atoms with Gasteiger partial charge in [0.05, 0.1) is 13.2 Å². The number of ether oxygens (including phenoxy) is 2. The van der Waals surface area contributed by atoms with Crippen molar-refractivity contribution in [3.63, 3.8) is 0 Å². The van der Waals surface area contributed by atoms with Gasteiger partial charge in [0.1, 0.15) is 18.3 Å². The molecule has 0 amide bonds. The molecule has 1 saturated heterocycles. The minimum atomic E-state index is -1.13. The number of hydrogen-bond donors (Lipinski definition) is 3. The molecule has 3 N–H and O–H groups in total. The Labute approximate surface area is 74.7 Å². The van der Waals surface area contributed by atoms with Gasteiger partial charge in [-0.05, 0) is 0 Å². The van der Waals surface area contributed by atoms with Gasteiger partial charge in [-0.2, -0.15) is 0 Å². The average Bonchev–Trinajstić information content (AvgIpc) is 2.45. The Balaban J connectivity index is 2.53. The van der Waals surface area contributed by atoms with Crippen molar-refractivity contribution in [2.24, 2.45) is 0 Å². The molecule has 0 aliphatic carbocycles. The van der Waals surface area contributed by atoms with Crippen molar-refractivity contribution in [3.8, 4) is 0 Å². The SMILES string of the molecule is O=CO[C@H](CO)[C@H]1OC[C@H](O)[C@H]1O. The van der Waals surface area contributed by atoms with Crippen molar-refractivity contribution in [1.82, 2.24) is 0 Å². The van der Waals surface area contributed by atoms with Gasteiger partial charge in [0.25, 0.3) is 6.47 Å². The molecule has 0 aromatic carbocycles. The van der Waals surface area contributed by atoms with Crippen LogP contribution in [0.5, 0.6) is 0 Å². The molecule has 1 aliphatic rings. The van der Waals surface area contributed by atoms with Gasteiger partial charge in [0.2, 0.25) is 0 Å². The largest absolute Gasteiger partial charge is 0.459 e. The first kappa shape index (κ1) is 10.4. The molecule has 1 fully saturated rings. The number of aliphatic hydroxyl groups is 3. The van der Waals surface area contributed by atoms with E-state index in [1.165, 1.54) is 0 Å². The fourth-order valence-corrected chi connectivity index (χ4v) is 1.25. The average molecular weight is 192 g/mol. The molecule has 0 spiro atoms. The van der Waals surface area contributed by atoms with Crippen LogP contribution >= 0.6 is 0 Å². The quantitative estimate of drug-likeness (QED) is 0.431. The third-order valence-corrected chi connectivity index (χ3v) is 1.97. The highest BCUT2D eigenvalue weighted by Crippen LogP contribution is 2.18. The molecule has 6 heteroatoms. The van der Waals surface area contributed by atoms with Gasteiger partial charge in [0, 0.05) is 0 Å². The molecule has 1 rings (SSSR count). The molecular formula is C7H12O6. The zero-order valence-electron chi connectivity index (χ0n) is 6.87. The molecule has 4 atom stereocenters. The molecule has 0 aromatic heterocycles. The van der Waals surface area contributed by atoms with Crippen molar-refractivity contribution in [1.29, 1.82) is 0 Å². The van der Waals surface area contributed by atoms with Crippen molar-refractivity contribution >= 4 is 6.47 Å². The van der Waals surface area contributed by atoms with Gasteiger partial charge < -0.3 is 24.8 Å². The van der Waals surface area contributed by atoms with Crippen molar-refractivity contribution < 1.29 is 29.6 Å². The summed E-state index contributed by atoms with van der Waals surface area (Å²) in [6.07, 6.45) is -3.90. The highest BCUT2D eigenvalue weighted by atomic mass is 16.6. The Kier molecular flexibility index (Phi) is 3.61. The summed E-state index contributed by atoms with van der Waals surface area (Å²) in [5, 5.41) is 27.1. The Hall–Kier alpha value is -0.690. The molecule has 0 saturated carbocycles. The van der Waals surface area contributed by atoms with Crippen molar-refractivity contribution in [2.75, 3.05) is 13.2 Å². The Morgan fingerprint density at radius 1 is 1.62 bits per heavy atom. The van der Waals surface area contributed by atoms with E-state index in [1.54, 1.807) is 0 Å². The topological polar surface area (TPSA) is 96.2 Å². The first-order valence-electron chi connectivity index (χ1n) is 3.88. The number of aliphatic hydroxyl groups excluding tert-OH is 3. The standard InChI is InChI=1S/C7H12O6/c8-1-5(13-3-9)7-6(11)4(10)2-12-7/h3-8,10-11H,1-2H2/t4-,5+,6+,7+/m0/s1. The summed E-state index contributed by atoms with van der Waals surface area (Å²) >= 11 is 0. The molecule has 0 bridgehead atoms. The molecule has 13 heavy (non-hydrogen) atoms. The van der Waals surface area contributed by atoms with Crippen LogP contribution in [0.3, 0.4) is 0 Å². The van der Waals surface area contributed by atoms with Gasteiger partial charge in [-0.1, -0.05) is 0 Å². The maximum Gasteiger partial charge on any atom is 0.293 e. The van der Waals surface area contributed by atoms with Crippen molar-refractivity contribution in [3.05, 3.63) is 0 Å². The lowest BCUT2D eigenvalue weighted by molar-refractivity contribution is -0.147. The highest BCUT2D eigenvalue weighted by Gasteiger charge is 2.40. The van der Waals surface area contributed by atoms with E-state index < -0.39 is 31.0 Å². The van der Waals surface area contributed by atoms with Gasteiger partial charge in [-0.15, -0.1) is 0 Å². The van der Waals surface area contributed by atoms with E-state index >= 15 is 0 Å². The monoisotopic (exact) mass is 192 g/mol. The van der Waals surface area contributed by atoms with E-state index in [1.807, 2.05) is 0 Å². The van der Waals surface area contributed by atoms with Gasteiger partial charge in [0.15, 0.2) is 6.10 Å². The second kappa shape index (κ2) is 4.52. The van der Waals surface area contributed by atoms with Crippen LogP contribution in [-0.2, 0) is 14.3 Å². The van der Waals surface area contributed by atoms with Gasteiger partial charge in [-0.25, -0.2) is 0 Å². The van der Waals surface area contributed by atoms with Crippen LogP contribution in [0.15, 0.2) is 0 Å². The molecule has 76 valence electrons. The number of carbonyl (C=O) groups is 1. The third kappa shape index (κ3) is 2.16. The summed E-state index contributed by atoms with van der Waals surface area (Å²) in [6.45, 7) is -0.306. The maximum atomic E-state index is 9.99. The normalized spacial score (nSPS) is 35.8. The second-order valence-electron chi connectivity index (χ2n) is 2.81. The number of carbonyl (C=O) groups excluding carboxylic acids is 1. The molecule has 6 nitrogen and oxygen atoms in total. The van der Waals surface area contributed by atoms with Gasteiger partial charge >= 0.3 is 0 Å². The molecule has 1 heterocycles. The van der Waals surface area contributed by atoms with Crippen LogP contribution in [0.2, 0.25) is 0 Å². The predicted molar refractivity (Wildman–Crippen MR) is 39.8 cm³/mol. The summed E-state index contributed by atoms with van der Waals surface area (Å²) in [5.74, 6) is 0. The maximum absolute atomic E-state index is 9.99. The lowest BCUT2D eigenvalue weighted by atomic mass is 10.1. The van der Waals surface area contributed by atoms with E-state index in [0.29, 0.717) is 0 Å². The fourth-order valence-electron chi connectivity index (χ4n) is 1.25. The summed E-state index contributed by atoms with van der Waals surface area (Å²) in [4.78, 5) is 9.99. The lowest BCUT2D eigenvalue weighted by Crippen LogP contribution is -2.41. The second-order valence-corrected chi connectivity index (χ2v) is 2.81. The van der Waals surface area contributed by atoms with Crippen LogP contribution in [0.1, 0.15) is 0 Å². The first-order chi connectivity index (χ1) is 6.20. The zero-order valence-corrected chi connectivity index (χ0v) is 6.87. The minimum Gasteiger partial charge on any atom is -0.459 e. The number of rotatable bonds is 4. The highest BCUT2D eigenvalue weighted by molar-refractivity contribution is 5.37. The Bertz CT molecular complexity index is 172. The summed E-state index contributed by atoms with van der Waals surface area (Å²) in [5.41, 5.74) is 0. The molecule has 0 unspecified atom stereocenters. The van der Waals surface area contributed by atoms with Crippen molar-refractivity contribution in [2.45, 2.75) is 24.4 Å². The van der Waals surface area contributed by atoms with E-state index in [2.05, 4.69) is 4.74 Å². The predicted octanol–water partition coefficient (Wildman–Crippen LogP) is -2.36. The van der Waals surface area contributed by atoms with Crippen LogP contribution < -0.4 is 0 Å². The van der Waals surface area contributed by atoms with E-state index in [4.69, 9.17) is 14.9 Å². The zero-order chi connectivity index (χ0) is 9.84. The van der Waals surface area contributed by atoms with Gasteiger partial charge in [-0.3, -0.25) is 4.79 Å². The van der Waals surface area contributed by atoms with E-state index in [-0.39, 0.29) is 13.1 Å². The minimum absolute atomic E-state index is 0.0233. The van der Waals surface area contributed by atoms with Crippen LogP contribution in [0.25, 0.3) is 0 Å². The Morgan fingerprint density at radius 3 is 2.69 bits per heavy atom. The van der Waals surface area contributed by atoms with Crippen LogP contribution in [0, 0.1) is 0 Å². The number of hydrogen-bond acceptors (Lipinski definition) is 6. The molecule has 0 aromatic rings. The Morgan fingerprint density at radius 2 is 2.31 bits per heavy atom. The smallest absolute Gasteiger partial charge is 0.293 e. The molecular weight excluding hydrogens is 180 g/mol. The van der Waals surface area contributed by atoms with Crippen LogP contribution in [0.4, 0.5) is 0 Å². The van der Waals surface area contributed by atoms with Crippen LogP contribution in [-0.4, -0.2) is 59.4 Å². The van der Waals surface area contributed by atoms with E-state index in [0.717, 1.165) is 0 Å². The molecule has 1 aliphatic heterocycles. The summed E-state index contributed by atoms with van der Waals surface area (Å²) in [7, 11) is 0. The third-order valence-electron chi connectivity index (χ3n) is 1.97. The molecule has 0 radical (unpaired) electrons. The summed E-state index contributed by atoms with van der Waals surface area (Å²) in [6, 6.07) is 0. The lowest BCUT2D eigenvalue weighted by Gasteiger charge is -2.21. The van der Waals surface area contributed by atoms with E-state index in [9.17, 15) is 9.90 Å². The fraction of sp³-hybridized carbons (Fsp3) is 0.857. The summed E-state index contributed by atoms with van der Waals surface area (Å²) < 4.78 is 9.41. The first-order valence-corrected chi connectivity index (χ1v) is 3.88.